The lowest BCUT2D eigenvalue weighted by Crippen LogP contribution is -2.10. The molecule has 21 heavy (non-hydrogen) atoms. The van der Waals surface area contributed by atoms with Gasteiger partial charge in [-0.1, -0.05) is 52.0 Å². The van der Waals surface area contributed by atoms with E-state index < -0.39 is 0 Å². The summed E-state index contributed by atoms with van der Waals surface area (Å²) < 4.78 is 2.22. The Morgan fingerprint density at radius 1 is 1.29 bits per heavy atom. The second-order valence-electron chi connectivity index (χ2n) is 6.12. The standard InChI is InChI=1S/C16H22N4S/c1-5-6-14-18-19-15(21)20(14)17-11-12-7-9-13(10-8-12)16(2,3)4/h7-11H,5-6H2,1-4H3,(H,19,21)/b17-11-. The van der Waals surface area contributed by atoms with Crippen LogP contribution in [0.15, 0.2) is 29.4 Å². The van der Waals surface area contributed by atoms with E-state index in [-0.39, 0.29) is 5.41 Å². The molecule has 0 saturated carbocycles. The van der Waals surface area contributed by atoms with Crippen LogP contribution in [0, 0.1) is 4.77 Å². The van der Waals surface area contributed by atoms with E-state index in [1.54, 1.807) is 4.68 Å². The molecule has 0 spiro atoms. The smallest absolute Gasteiger partial charge is 0.216 e. The first-order valence-electron chi connectivity index (χ1n) is 7.23. The maximum atomic E-state index is 5.20. The number of hydrogen-bond donors (Lipinski definition) is 1. The van der Waals surface area contributed by atoms with Gasteiger partial charge < -0.3 is 0 Å². The highest BCUT2D eigenvalue weighted by Gasteiger charge is 2.12. The minimum Gasteiger partial charge on any atom is -0.250 e. The first-order valence-corrected chi connectivity index (χ1v) is 7.64. The molecule has 0 atom stereocenters. The molecule has 0 fully saturated rings. The second kappa shape index (κ2) is 6.35. The number of H-pyrrole nitrogens is 1. The van der Waals surface area contributed by atoms with E-state index in [4.69, 9.17) is 12.2 Å². The third kappa shape index (κ3) is 3.88. The summed E-state index contributed by atoms with van der Waals surface area (Å²) >= 11 is 5.20. The Morgan fingerprint density at radius 3 is 2.52 bits per heavy atom. The predicted octanol–water partition coefficient (Wildman–Crippen LogP) is 4.07. The van der Waals surface area contributed by atoms with Crippen molar-refractivity contribution in [1.29, 1.82) is 0 Å². The van der Waals surface area contributed by atoms with Gasteiger partial charge >= 0.3 is 0 Å². The van der Waals surface area contributed by atoms with Gasteiger partial charge in [0.25, 0.3) is 0 Å². The fourth-order valence-corrected chi connectivity index (χ4v) is 2.22. The van der Waals surface area contributed by atoms with Gasteiger partial charge in [-0.3, -0.25) is 5.10 Å². The van der Waals surface area contributed by atoms with Gasteiger partial charge in [-0.2, -0.15) is 14.9 Å². The normalized spacial score (nSPS) is 12.2. The fraction of sp³-hybridized carbons (Fsp3) is 0.438. The summed E-state index contributed by atoms with van der Waals surface area (Å²) in [6.07, 6.45) is 3.68. The molecule has 4 nitrogen and oxygen atoms in total. The van der Waals surface area contributed by atoms with Crippen molar-refractivity contribution in [3.63, 3.8) is 0 Å². The third-order valence-corrected chi connectivity index (χ3v) is 3.55. The number of rotatable bonds is 4. The van der Waals surface area contributed by atoms with Crippen molar-refractivity contribution in [1.82, 2.24) is 14.9 Å². The van der Waals surface area contributed by atoms with Crippen LogP contribution in [0.3, 0.4) is 0 Å². The molecule has 0 saturated heterocycles. The Kier molecular flexibility index (Phi) is 4.73. The van der Waals surface area contributed by atoms with Crippen molar-refractivity contribution in [2.24, 2.45) is 5.10 Å². The van der Waals surface area contributed by atoms with E-state index in [1.807, 2.05) is 6.21 Å². The highest BCUT2D eigenvalue weighted by molar-refractivity contribution is 7.71. The SMILES string of the molecule is CCCc1n[nH]c(=S)n1/N=C\c1ccc(C(C)(C)C)cc1. The van der Waals surface area contributed by atoms with Gasteiger partial charge in [0.05, 0.1) is 6.21 Å². The van der Waals surface area contributed by atoms with Crippen molar-refractivity contribution >= 4 is 18.4 Å². The lowest BCUT2D eigenvalue weighted by molar-refractivity contribution is 0.590. The Hall–Kier alpha value is -1.75. The molecule has 1 heterocycles. The maximum Gasteiger partial charge on any atom is 0.216 e. The number of aryl methyl sites for hydroxylation is 1. The molecule has 0 bridgehead atoms. The minimum absolute atomic E-state index is 0.164. The largest absolute Gasteiger partial charge is 0.250 e. The average molecular weight is 302 g/mol. The van der Waals surface area contributed by atoms with Crippen molar-refractivity contribution in [3.05, 3.63) is 46.0 Å². The Balaban J connectivity index is 2.22. The minimum atomic E-state index is 0.164. The molecule has 0 radical (unpaired) electrons. The summed E-state index contributed by atoms with van der Waals surface area (Å²) in [7, 11) is 0. The van der Waals surface area contributed by atoms with E-state index in [2.05, 4.69) is 67.3 Å². The third-order valence-electron chi connectivity index (χ3n) is 3.29. The van der Waals surface area contributed by atoms with Crippen LogP contribution in [-0.4, -0.2) is 21.1 Å². The fourth-order valence-electron chi connectivity index (χ4n) is 2.02. The zero-order valence-corrected chi connectivity index (χ0v) is 13.9. The molecule has 1 aromatic carbocycles. The van der Waals surface area contributed by atoms with Crippen LogP contribution in [0.4, 0.5) is 0 Å². The Bertz CT molecular complexity index is 672. The van der Waals surface area contributed by atoms with Crippen LogP contribution in [0.1, 0.15) is 51.1 Å². The van der Waals surface area contributed by atoms with Crippen molar-refractivity contribution in [2.45, 2.75) is 46.0 Å². The lowest BCUT2D eigenvalue weighted by atomic mass is 9.87. The number of aromatic nitrogens is 3. The van der Waals surface area contributed by atoms with Crippen LogP contribution >= 0.6 is 12.2 Å². The molecule has 1 aromatic heterocycles. The van der Waals surface area contributed by atoms with Gasteiger partial charge in [-0.15, -0.1) is 0 Å². The zero-order chi connectivity index (χ0) is 15.5. The maximum absolute atomic E-state index is 5.20. The molecule has 112 valence electrons. The van der Waals surface area contributed by atoms with Gasteiger partial charge in [0.15, 0.2) is 5.82 Å². The van der Waals surface area contributed by atoms with Crippen LogP contribution in [0.5, 0.6) is 0 Å². The molecule has 2 aromatic rings. The summed E-state index contributed by atoms with van der Waals surface area (Å²) in [4.78, 5) is 0. The molecule has 0 amide bonds. The number of aromatic amines is 1. The number of nitrogens with zero attached hydrogens (tertiary/aromatic N) is 3. The summed E-state index contributed by atoms with van der Waals surface area (Å²) in [5.74, 6) is 0.866. The molecule has 1 N–H and O–H groups in total. The molecule has 0 aliphatic heterocycles. The van der Waals surface area contributed by atoms with E-state index in [0.29, 0.717) is 4.77 Å². The van der Waals surface area contributed by atoms with Crippen molar-refractivity contribution in [3.8, 4) is 0 Å². The molecule has 0 aliphatic rings. The first kappa shape index (κ1) is 15.6. The predicted molar refractivity (Wildman–Crippen MR) is 89.5 cm³/mol. The highest BCUT2D eigenvalue weighted by atomic mass is 32.1. The van der Waals surface area contributed by atoms with Gasteiger partial charge in [0.1, 0.15) is 0 Å². The highest BCUT2D eigenvalue weighted by Crippen LogP contribution is 2.21. The molecule has 2 rings (SSSR count). The first-order chi connectivity index (χ1) is 9.91. The summed E-state index contributed by atoms with van der Waals surface area (Å²) in [6, 6.07) is 8.44. The van der Waals surface area contributed by atoms with E-state index in [0.717, 1.165) is 24.2 Å². The Labute approximate surface area is 130 Å². The molecule has 5 heteroatoms. The van der Waals surface area contributed by atoms with Crippen LogP contribution in [0.2, 0.25) is 0 Å². The average Bonchev–Trinajstić information content (AvgIpc) is 2.77. The van der Waals surface area contributed by atoms with Gasteiger partial charge in [0.2, 0.25) is 4.77 Å². The van der Waals surface area contributed by atoms with Crippen LogP contribution < -0.4 is 0 Å². The van der Waals surface area contributed by atoms with E-state index in [1.165, 1.54) is 5.56 Å². The number of nitrogens with one attached hydrogen (secondary N) is 1. The van der Waals surface area contributed by atoms with Crippen molar-refractivity contribution < 1.29 is 0 Å². The van der Waals surface area contributed by atoms with Crippen LogP contribution in [-0.2, 0) is 11.8 Å². The molecular formula is C16H22N4S. The summed E-state index contributed by atoms with van der Waals surface area (Å²) in [5.41, 5.74) is 2.52. The van der Waals surface area contributed by atoms with Crippen molar-refractivity contribution in [2.75, 3.05) is 0 Å². The van der Waals surface area contributed by atoms with Crippen LogP contribution in [0.25, 0.3) is 0 Å². The zero-order valence-electron chi connectivity index (χ0n) is 13.1. The van der Waals surface area contributed by atoms with Gasteiger partial charge in [0, 0.05) is 6.42 Å². The molecular weight excluding hydrogens is 280 g/mol. The lowest BCUT2D eigenvalue weighted by Gasteiger charge is -2.18. The monoisotopic (exact) mass is 302 g/mol. The quantitative estimate of drug-likeness (QED) is 0.683. The van der Waals surface area contributed by atoms with E-state index >= 15 is 0 Å². The van der Waals surface area contributed by atoms with Gasteiger partial charge in [-0.05, 0) is 35.2 Å². The Morgan fingerprint density at radius 2 is 1.95 bits per heavy atom. The summed E-state index contributed by atoms with van der Waals surface area (Å²) in [5, 5.41) is 11.4. The number of benzene rings is 1. The van der Waals surface area contributed by atoms with E-state index in [9.17, 15) is 0 Å². The van der Waals surface area contributed by atoms with Gasteiger partial charge in [-0.25, -0.2) is 0 Å². The molecule has 0 aliphatic carbocycles. The molecule has 0 unspecified atom stereocenters. The second-order valence-corrected chi connectivity index (χ2v) is 6.51. The summed E-state index contributed by atoms with van der Waals surface area (Å²) in [6.45, 7) is 8.73. The number of hydrogen-bond acceptors (Lipinski definition) is 3. The topological polar surface area (TPSA) is 46.0 Å².